The van der Waals surface area contributed by atoms with Gasteiger partial charge in [0, 0.05) is 24.4 Å². The summed E-state index contributed by atoms with van der Waals surface area (Å²) in [5, 5.41) is 3.95. The zero-order valence-corrected chi connectivity index (χ0v) is 19.9. The van der Waals surface area contributed by atoms with Crippen molar-refractivity contribution in [2.75, 3.05) is 24.7 Å². The summed E-state index contributed by atoms with van der Waals surface area (Å²) < 4.78 is 5.14. The monoisotopic (exact) mass is 463 g/mol. The van der Waals surface area contributed by atoms with Crippen molar-refractivity contribution >= 4 is 34.5 Å². The number of aliphatic imine (C=N–C) groups is 1. The van der Waals surface area contributed by atoms with Crippen LogP contribution in [0.1, 0.15) is 43.4 Å². The van der Waals surface area contributed by atoms with Crippen LogP contribution >= 0.6 is 11.8 Å². The number of thioether (sulfide) groups is 1. The second-order valence-electron chi connectivity index (χ2n) is 8.05. The lowest BCUT2D eigenvalue weighted by Gasteiger charge is -2.40. The van der Waals surface area contributed by atoms with E-state index in [4.69, 9.17) is 9.73 Å². The molecule has 2 aliphatic heterocycles. The van der Waals surface area contributed by atoms with Crippen LogP contribution in [0.5, 0.6) is 0 Å². The third kappa shape index (κ3) is 5.30. The number of ether oxygens (including phenoxy) is 1. The molecule has 0 bridgehead atoms. The number of hydrogen-bond donors (Lipinski definition) is 1. The van der Waals surface area contributed by atoms with Gasteiger partial charge in [-0.05, 0) is 42.5 Å². The summed E-state index contributed by atoms with van der Waals surface area (Å²) in [7, 11) is 1.41. The molecule has 1 saturated heterocycles. The molecule has 0 spiro atoms. The van der Waals surface area contributed by atoms with Crippen LogP contribution in [0.2, 0.25) is 0 Å². The Morgan fingerprint density at radius 1 is 1.15 bits per heavy atom. The van der Waals surface area contributed by atoms with E-state index in [0.717, 1.165) is 46.4 Å². The van der Waals surface area contributed by atoms with Crippen molar-refractivity contribution in [3.05, 3.63) is 77.0 Å². The molecule has 172 valence electrons. The first-order valence-electron chi connectivity index (χ1n) is 11.3. The first kappa shape index (κ1) is 23.1. The third-order valence-corrected chi connectivity index (χ3v) is 6.96. The summed E-state index contributed by atoms with van der Waals surface area (Å²) in [6.07, 6.45) is 2.82. The minimum Gasteiger partial charge on any atom is -0.466 e. The number of carbonyl (C=O) groups is 2. The minimum absolute atomic E-state index is 0.0189. The maximum absolute atomic E-state index is 12.8. The molecule has 1 amide bonds. The number of methoxy groups -OCH3 is 1. The van der Waals surface area contributed by atoms with Crippen LogP contribution < -0.4 is 5.32 Å². The number of amidine groups is 1. The van der Waals surface area contributed by atoms with Crippen LogP contribution in [-0.4, -0.2) is 41.4 Å². The van der Waals surface area contributed by atoms with Crippen LogP contribution in [0.15, 0.2) is 70.9 Å². The van der Waals surface area contributed by atoms with Crippen LogP contribution in [0.3, 0.4) is 0 Å². The number of nitrogens with one attached hydrogen (secondary N) is 1. The molecule has 2 aromatic carbocycles. The lowest BCUT2D eigenvalue weighted by molar-refractivity contribution is -0.137. The van der Waals surface area contributed by atoms with Crippen molar-refractivity contribution in [2.45, 2.75) is 38.6 Å². The highest BCUT2D eigenvalue weighted by molar-refractivity contribution is 8.13. The van der Waals surface area contributed by atoms with E-state index in [1.54, 1.807) is 11.8 Å². The Hall–Kier alpha value is -3.06. The lowest BCUT2D eigenvalue weighted by atomic mass is 9.93. The molecule has 4 rings (SSSR count). The molecule has 1 atom stereocenters. The SMILES string of the molecule is CCC1=C(C(=O)OC)[C@H](c2ccc(NC(=O)CCc3ccccc3)cc2)N2CCCSC2=N1. The van der Waals surface area contributed by atoms with Crippen molar-refractivity contribution in [1.82, 2.24) is 4.90 Å². The highest BCUT2D eigenvalue weighted by Crippen LogP contribution is 2.40. The Morgan fingerprint density at radius 3 is 2.61 bits per heavy atom. The molecule has 2 aromatic rings. The molecule has 2 aliphatic rings. The first-order valence-corrected chi connectivity index (χ1v) is 12.3. The molecule has 0 unspecified atom stereocenters. The molecule has 0 aliphatic carbocycles. The molecular weight excluding hydrogens is 434 g/mol. The number of fused-ring (bicyclic) bond motifs is 1. The zero-order chi connectivity index (χ0) is 23.2. The van der Waals surface area contributed by atoms with Gasteiger partial charge >= 0.3 is 5.97 Å². The van der Waals surface area contributed by atoms with E-state index >= 15 is 0 Å². The molecule has 0 saturated carbocycles. The second kappa shape index (κ2) is 10.7. The van der Waals surface area contributed by atoms with Gasteiger partial charge in [-0.15, -0.1) is 0 Å². The molecule has 33 heavy (non-hydrogen) atoms. The van der Waals surface area contributed by atoms with E-state index in [2.05, 4.69) is 10.2 Å². The highest BCUT2D eigenvalue weighted by atomic mass is 32.2. The number of allylic oxidation sites excluding steroid dienone is 1. The van der Waals surface area contributed by atoms with Gasteiger partial charge in [0.1, 0.15) is 0 Å². The summed E-state index contributed by atoms with van der Waals surface area (Å²) in [4.78, 5) is 32.2. The number of benzene rings is 2. The molecule has 2 heterocycles. The van der Waals surface area contributed by atoms with Gasteiger partial charge in [-0.2, -0.15) is 0 Å². The summed E-state index contributed by atoms with van der Waals surface area (Å²) in [5.74, 6) is 0.670. The Balaban J connectivity index is 1.52. The van der Waals surface area contributed by atoms with Gasteiger partial charge in [-0.25, -0.2) is 9.79 Å². The standard InChI is InChI=1S/C26H29N3O3S/c1-3-21-23(25(31)32-2)24(29-16-7-17-33-26(29)28-21)19-11-13-20(14-12-19)27-22(30)15-10-18-8-5-4-6-9-18/h4-6,8-9,11-14,24H,3,7,10,15-17H2,1-2H3,(H,27,30)/t24-/m0/s1. The van der Waals surface area contributed by atoms with Crippen LogP contribution in [0.4, 0.5) is 5.69 Å². The van der Waals surface area contributed by atoms with E-state index in [-0.39, 0.29) is 17.9 Å². The van der Waals surface area contributed by atoms with Crippen LogP contribution in [0, 0.1) is 0 Å². The predicted octanol–water partition coefficient (Wildman–Crippen LogP) is 4.94. The largest absolute Gasteiger partial charge is 0.466 e. The summed E-state index contributed by atoms with van der Waals surface area (Å²) in [5.41, 5.74) is 4.26. The van der Waals surface area contributed by atoms with E-state index < -0.39 is 0 Å². The van der Waals surface area contributed by atoms with Gasteiger partial charge in [-0.1, -0.05) is 61.2 Å². The zero-order valence-electron chi connectivity index (χ0n) is 19.0. The Kier molecular flexibility index (Phi) is 7.50. The molecule has 1 fully saturated rings. The summed E-state index contributed by atoms with van der Waals surface area (Å²) in [6, 6.07) is 17.5. The van der Waals surface area contributed by atoms with Gasteiger partial charge < -0.3 is 15.0 Å². The fourth-order valence-electron chi connectivity index (χ4n) is 4.23. The van der Waals surface area contributed by atoms with Crippen molar-refractivity contribution in [3.63, 3.8) is 0 Å². The number of amides is 1. The Morgan fingerprint density at radius 2 is 1.91 bits per heavy atom. The van der Waals surface area contributed by atoms with Gasteiger partial charge in [0.15, 0.2) is 5.17 Å². The van der Waals surface area contributed by atoms with Gasteiger partial charge in [0.25, 0.3) is 0 Å². The van der Waals surface area contributed by atoms with Crippen molar-refractivity contribution < 1.29 is 14.3 Å². The molecule has 0 aromatic heterocycles. The number of nitrogens with zero attached hydrogens (tertiary/aromatic N) is 2. The Labute approximate surface area is 199 Å². The normalized spacial score (nSPS) is 17.8. The molecular formula is C26H29N3O3S. The average Bonchev–Trinajstić information content (AvgIpc) is 2.87. The number of carbonyl (C=O) groups excluding carboxylic acids is 2. The fourth-order valence-corrected chi connectivity index (χ4v) is 5.23. The molecule has 6 nitrogen and oxygen atoms in total. The highest BCUT2D eigenvalue weighted by Gasteiger charge is 2.38. The molecule has 0 radical (unpaired) electrons. The summed E-state index contributed by atoms with van der Waals surface area (Å²) in [6.45, 7) is 2.85. The molecule has 1 N–H and O–H groups in total. The number of rotatable bonds is 7. The number of hydrogen-bond acceptors (Lipinski definition) is 6. The average molecular weight is 464 g/mol. The summed E-state index contributed by atoms with van der Waals surface area (Å²) >= 11 is 1.73. The van der Waals surface area contributed by atoms with Crippen molar-refractivity contribution in [3.8, 4) is 0 Å². The van der Waals surface area contributed by atoms with Crippen LogP contribution in [0.25, 0.3) is 0 Å². The minimum atomic E-state index is -0.339. The maximum Gasteiger partial charge on any atom is 0.338 e. The number of anilines is 1. The maximum atomic E-state index is 12.8. The number of esters is 1. The van der Waals surface area contributed by atoms with E-state index in [9.17, 15) is 9.59 Å². The third-order valence-electron chi connectivity index (χ3n) is 5.88. The van der Waals surface area contributed by atoms with Gasteiger partial charge in [0.05, 0.1) is 24.4 Å². The van der Waals surface area contributed by atoms with E-state index in [0.29, 0.717) is 24.8 Å². The smallest absolute Gasteiger partial charge is 0.338 e. The predicted molar refractivity (Wildman–Crippen MR) is 133 cm³/mol. The number of aryl methyl sites for hydroxylation is 1. The van der Waals surface area contributed by atoms with Crippen LogP contribution in [-0.2, 0) is 20.7 Å². The second-order valence-corrected chi connectivity index (χ2v) is 9.12. The fraction of sp³-hybridized carbons (Fsp3) is 0.346. The topological polar surface area (TPSA) is 71.0 Å². The van der Waals surface area contributed by atoms with E-state index in [1.165, 1.54) is 7.11 Å². The first-order chi connectivity index (χ1) is 16.1. The van der Waals surface area contributed by atoms with E-state index in [1.807, 2.05) is 61.5 Å². The molecule has 7 heteroatoms. The van der Waals surface area contributed by atoms with Gasteiger partial charge in [-0.3, -0.25) is 4.79 Å². The quantitative estimate of drug-likeness (QED) is 0.589. The lowest BCUT2D eigenvalue weighted by Crippen LogP contribution is -2.42. The Bertz CT molecular complexity index is 1060. The van der Waals surface area contributed by atoms with Crippen molar-refractivity contribution in [2.24, 2.45) is 4.99 Å². The van der Waals surface area contributed by atoms with Crippen molar-refractivity contribution in [1.29, 1.82) is 0 Å². The van der Waals surface area contributed by atoms with Gasteiger partial charge in [0.2, 0.25) is 5.91 Å².